The van der Waals surface area contributed by atoms with E-state index in [1.54, 1.807) is 12.2 Å². The minimum atomic E-state index is -0.183. The van der Waals surface area contributed by atoms with E-state index in [4.69, 9.17) is 17.3 Å². The minimum Gasteiger partial charge on any atom is -0.320 e. The van der Waals surface area contributed by atoms with E-state index in [1.165, 1.54) is 0 Å². The molecule has 2 N–H and O–H groups in total. The van der Waals surface area contributed by atoms with Crippen molar-refractivity contribution in [2.24, 2.45) is 5.73 Å². The Morgan fingerprint density at radius 2 is 1.87 bits per heavy atom. The van der Waals surface area contributed by atoms with Gasteiger partial charge in [-0.1, -0.05) is 55.1 Å². The molecule has 0 aromatic heterocycles. The number of allylic oxidation sites excluding steroid dienone is 2. The fraction of sp³-hybridized carbons (Fsp3) is 0.0769. The van der Waals surface area contributed by atoms with Crippen molar-refractivity contribution in [1.29, 1.82) is 0 Å². The third kappa shape index (κ3) is 3.08. The average molecular weight is 220 g/mol. The number of hydrogen-bond acceptors (Lipinski definition) is 1. The molecule has 1 rings (SSSR count). The maximum atomic E-state index is 6.06. The van der Waals surface area contributed by atoms with Gasteiger partial charge in [0.05, 0.1) is 6.04 Å². The maximum absolute atomic E-state index is 6.06. The highest BCUT2D eigenvalue weighted by atomic mass is 35.5. The molecule has 1 nitrogen and oxygen atoms in total. The van der Waals surface area contributed by atoms with Crippen LogP contribution in [-0.2, 0) is 0 Å². The van der Waals surface area contributed by atoms with Crippen LogP contribution < -0.4 is 5.73 Å². The second-order valence-electron chi connectivity index (χ2n) is 3.14. The quantitative estimate of drug-likeness (QED) is 0.769. The highest BCUT2D eigenvalue weighted by molar-refractivity contribution is 6.30. The van der Waals surface area contributed by atoms with Gasteiger partial charge in [-0.15, -0.1) is 0 Å². The van der Waals surface area contributed by atoms with Gasteiger partial charge in [0.15, 0.2) is 0 Å². The molecule has 2 heteroatoms. The van der Waals surface area contributed by atoms with Crippen LogP contribution in [0.1, 0.15) is 11.6 Å². The predicted octanol–water partition coefficient (Wildman–Crippen LogP) is 3.64. The molecule has 0 saturated carbocycles. The fourth-order valence-electron chi connectivity index (χ4n) is 1.30. The Morgan fingerprint density at radius 1 is 1.27 bits per heavy atom. The van der Waals surface area contributed by atoms with E-state index in [-0.39, 0.29) is 6.04 Å². The minimum absolute atomic E-state index is 0.183. The molecule has 0 aliphatic rings. The maximum Gasteiger partial charge on any atom is 0.0551 e. The largest absolute Gasteiger partial charge is 0.320 e. The van der Waals surface area contributed by atoms with Crippen molar-refractivity contribution in [2.45, 2.75) is 6.04 Å². The van der Waals surface area contributed by atoms with Gasteiger partial charge in [-0.05, 0) is 23.3 Å². The van der Waals surface area contributed by atoms with Crippen molar-refractivity contribution in [3.8, 4) is 0 Å². The lowest BCUT2D eigenvalue weighted by Crippen LogP contribution is -2.11. The van der Waals surface area contributed by atoms with Crippen molar-refractivity contribution in [1.82, 2.24) is 0 Å². The zero-order chi connectivity index (χ0) is 11.3. The summed E-state index contributed by atoms with van der Waals surface area (Å²) in [4.78, 5) is 0. The molecular formula is C13H14ClN. The second kappa shape index (κ2) is 5.54. The Balaban J connectivity index is 2.97. The van der Waals surface area contributed by atoms with Crippen LogP contribution in [0.5, 0.6) is 0 Å². The molecule has 1 atom stereocenters. The zero-order valence-corrected chi connectivity index (χ0v) is 9.24. The van der Waals surface area contributed by atoms with Crippen LogP contribution in [0.3, 0.4) is 0 Å². The standard InChI is InChI=1S/C13H14ClN/c1-3-5-10(4-2)13(15)11-6-8-12(14)9-7-11/h3-9,13H,1-2,15H2/b10-5+. The Bertz CT molecular complexity index is 376. The molecule has 0 amide bonds. The first-order valence-corrected chi connectivity index (χ1v) is 5.03. The smallest absolute Gasteiger partial charge is 0.0551 e. The van der Waals surface area contributed by atoms with Crippen molar-refractivity contribution in [3.05, 3.63) is 71.8 Å². The van der Waals surface area contributed by atoms with E-state index < -0.39 is 0 Å². The number of rotatable bonds is 4. The third-order valence-electron chi connectivity index (χ3n) is 2.13. The molecule has 0 aliphatic heterocycles. The number of nitrogens with two attached hydrogens (primary N) is 1. The SMILES string of the molecule is C=C/C=C(\C=C)C(N)c1ccc(Cl)cc1. The van der Waals surface area contributed by atoms with Crippen LogP contribution in [0.15, 0.2) is 61.2 Å². The van der Waals surface area contributed by atoms with Gasteiger partial charge in [0.1, 0.15) is 0 Å². The number of halogens is 1. The van der Waals surface area contributed by atoms with Crippen LogP contribution in [0.25, 0.3) is 0 Å². The van der Waals surface area contributed by atoms with E-state index in [2.05, 4.69) is 13.2 Å². The second-order valence-corrected chi connectivity index (χ2v) is 3.57. The Kier molecular flexibility index (Phi) is 4.35. The van der Waals surface area contributed by atoms with Crippen LogP contribution in [0.2, 0.25) is 5.02 Å². The normalized spacial score (nSPS) is 13.3. The number of hydrogen-bond donors (Lipinski definition) is 1. The summed E-state index contributed by atoms with van der Waals surface area (Å²) in [7, 11) is 0. The molecule has 0 radical (unpaired) electrons. The lowest BCUT2D eigenvalue weighted by atomic mass is 9.99. The molecule has 1 unspecified atom stereocenters. The lowest BCUT2D eigenvalue weighted by molar-refractivity contribution is 0.871. The topological polar surface area (TPSA) is 26.0 Å². The van der Waals surface area contributed by atoms with Gasteiger partial charge < -0.3 is 5.73 Å². The van der Waals surface area contributed by atoms with Gasteiger partial charge in [-0.2, -0.15) is 0 Å². The molecule has 0 aliphatic carbocycles. The molecule has 78 valence electrons. The van der Waals surface area contributed by atoms with Gasteiger partial charge >= 0.3 is 0 Å². The molecule has 1 aromatic carbocycles. The highest BCUT2D eigenvalue weighted by Gasteiger charge is 2.07. The molecule has 0 saturated heterocycles. The first kappa shape index (κ1) is 11.8. The Labute approximate surface area is 95.6 Å². The van der Waals surface area contributed by atoms with Gasteiger partial charge in [0.25, 0.3) is 0 Å². The van der Waals surface area contributed by atoms with E-state index in [0.29, 0.717) is 5.02 Å². The Morgan fingerprint density at radius 3 is 2.33 bits per heavy atom. The molecule has 0 spiro atoms. The summed E-state index contributed by atoms with van der Waals surface area (Å²) in [5.41, 5.74) is 8.00. The summed E-state index contributed by atoms with van der Waals surface area (Å²) in [5.74, 6) is 0. The summed E-state index contributed by atoms with van der Waals surface area (Å²) in [6, 6.07) is 7.29. The molecule has 1 aromatic rings. The van der Waals surface area contributed by atoms with Gasteiger partial charge in [-0.25, -0.2) is 0 Å². The third-order valence-corrected chi connectivity index (χ3v) is 2.39. The van der Waals surface area contributed by atoms with Gasteiger partial charge in [0.2, 0.25) is 0 Å². The van der Waals surface area contributed by atoms with E-state index in [9.17, 15) is 0 Å². The molecule has 15 heavy (non-hydrogen) atoms. The fourth-order valence-corrected chi connectivity index (χ4v) is 1.42. The zero-order valence-electron chi connectivity index (χ0n) is 8.49. The van der Waals surface area contributed by atoms with E-state index in [1.807, 2.05) is 30.3 Å². The highest BCUT2D eigenvalue weighted by Crippen LogP contribution is 2.21. The van der Waals surface area contributed by atoms with Crippen LogP contribution in [-0.4, -0.2) is 0 Å². The first-order valence-electron chi connectivity index (χ1n) is 4.65. The molecule has 0 bridgehead atoms. The average Bonchev–Trinajstić information content (AvgIpc) is 2.26. The van der Waals surface area contributed by atoms with Crippen LogP contribution in [0, 0.1) is 0 Å². The van der Waals surface area contributed by atoms with Crippen LogP contribution >= 0.6 is 11.6 Å². The monoisotopic (exact) mass is 219 g/mol. The van der Waals surface area contributed by atoms with Crippen LogP contribution in [0.4, 0.5) is 0 Å². The Hall–Kier alpha value is -1.31. The van der Waals surface area contributed by atoms with Crippen molar-refractivity contribution in [2.75, 3.05) is 0 Å². The summed E-state index contributed by atoms with van der Waals surface area (Å²) in [6.07, 6.45) is 5.29. The van der Waals surface area contributed by atoms with E-state index >= 15 is 0 Å². The van der Waals surface area contributed by atoms with Gasteiger partial charge in [-0.3, -0.25) is 0 Å². The molecular weight excluding hydrogens is 206 g/mol. The van der Waals surface area contributed by atoms with Crippen molar-refractivity contribution in [3.63, 3.8) is 0 Å². The predicted molar refractivity (Wildman–Crippen MR) is 66.9 cm³/mol. The molecule has 0 fully saturated rings. The lowest BCUT2D eigenvalue weighted by Gasteiger charge is -2.12. The summed E-state index contributed by atoms with van der Waals surface area (Å²) < 4.78 is 0. The summed E-state index contributed by atoms with van der Waals surface area (Å²) >= 11 is 5.80. The summed E-state index contributed by atoms with van der Waals surface area (Å²) in [6.45, 7) is 7.36. The van der Waals surface area contributed by atoms with E-state index in [0.717, 1.165) is 11.1 Å². The molecule has 0 heterocycles. The van der Waals surface area contributed by atoms with Gasteiger partial charge in [0, 0.05) is 5.02 Å². The summed E-state index contributed by atoms with van der Waals surface area (Å²) in [5, 5.41) is 0.707. The number of benzene rings is 1. The first-order chi connectivity index (χ1) is 7.19. The van der Waals surface area contributed by atoms with Crippen molar-refractivity contribution >= 4 is 11.6 Å². The van der Waals surface area contributed by atoms with Crippen molar-refractivity contribution < 1.29 is 0 Å².